The number of halogens is 1. The number of imidazole rings is 1. The van der Waals surface area contributed by atoms with E-state index in [1.807, 2.05) is 22.9 Å². The summed E-state index contributed by atoms with van der Waals surface area (Å²) in [5.41, 5.74) is 1.64. The van der Waals surface area contributed by atoms with E-state index in [0.29, 0.717) is 16.7 Å². The maximum Gasteiger partial charge on any atom is 0.249 e. The highest BCUT2D eigenvalue weighted by atomic mass is 35.5. The summed E-state index contributed by atoms with van der Waals surface area (Å²) in [7, 11) is 0. The smallest absolute Gasteiger partial charge is 0.249 e. The molecule has 0 spiro atoms. The van der Waals surface area contributed by atoms with Crippen LogP contribution in [0.4, 0.5) is 5.82 Å². The number of hydrogen-bond donors (Lipinski definition) is 2. The number of aromatic nitrogens is 4. The van der Waals surface area contributed by atoms with Gasteiger partial charge in [0.15, 0.2) is 10.1 Å². The van der Waals surface area contributed by atoms with Gasteiger partial charge in [-0.2, -0.15) is 5.10 Å². The molecule has 3 heterocycles. The number of anilines is 1. The van der Waals surface area contributed by atoms with Gasteiger partial charge in [-0.25, -0.2) is 4.98 Å². The molecule has 0 aromatic carbocycles. The second-order valence-corrected chi connectivity index (χ2v) is 5.52. The zero-order valence-electron chi connectivity index (χ0n) is 11.1. The fourth-order valence-corrected chi connectivity index (χ4v) is 2.94. The Kier molecular flexibility index (Phi) is 3.76. The van der Waals surface area contributed by atoms with E-state index in [4.69, 9.17) is 11.6 Å². The number of H-pyrrole nitrogens is 1. The molecular formula is C13H12ClN5OS. The molecule has 2 N–H and O–H groups in total. The second kappa shape index (κ2) is 5.71. The third kappa shape index (κ3) is 2.70. The van der Waals surface area contributed by atoms with E-state index in [9.17, 15) is 4.79 Å². The van der Waals surface area contributed by atoms with Crippen LogP contribution in [0.15, 0.2) is 23.8 Å². The average molecular weight is 322 g/mol. The van der Waals surface area contributed by atoms with Crippen molar-refractivity contribution in [2.24, 2.45) is 0 Å². The largest absolute Gasteiger partial charge is 0.307 e. The number of aromatic amines is 1. The van der Waals surface area contributed by atoms with Crippen LogP contribution in [0.25, 0.3) is 11.0 Å². The standard InChI is InChI=1S/C13H12ClN5OS/c1-2-8-7-15-18-12(8)16-10(20)4-3-9-11(14)17-13-19(9)5-6-21-13/h3-7H,2H2,1H3,(H2,15,16,18,20)/b4-3+. The van der Waals surface area contributed by atoms with E-state index < -0.39 is 0 Å². The lowest BCUT2D eigenvalue weighted by atomic mass is 10.2. The molecule has 8 heteroatoms. The van der Waals surface area contributed by atoms with Gasteiger partial charge in [0.2, 0.25) is 5.91 Å². The number of thiazole rings is 1. The van der Waals surface area contributed by atoms with Gasteiger partial charge in [-0.1, -0.05) is 18.5 Å². The summed E-state index contributed by atoms with van der Waals surface area (Å²) >= 11 is 7.54. The highest BCUT2D eigenvalue weighted by molar-refractivity contribution is 7.15. The van der Waals surface area contributed by atoms with Crippen LogP contribution in [0, 0.1) is 0 Å². The quantitative estimate of drug-likeness (QED) is 0.725. The first-order valence-electron chi connectivity index (χ1n) is 6.31. The summed E-state index contributed by atoms with van der Waals surface area (Å²) in [6, 6.07) is 0. The van der Waals surface area contributed by atoms with Crippen LogP contribution in [-0.4, -0.2) is 25.5 Å². The van der Waals surface area contributed by atoms with Gasteiger partial charge in [0.25, 0.3) is 0 Å². The predicted molar refractivity (Wildman–Crippen MR) is 83.7 cm³/mol. The molecule has 0 unspecified atom stereocenters. The zero-order valence-corrected chi connectivity index (χ0v) is 12.7. The third-order valence-electron chi connectivity index (χ3n) is 2.99. The molecule has 6 nitrogen and oxygen atoms in total. The Hall–Kier alpha value is -2.12. The minimum Gasteiger partial charge on any atom is -0.307 e. The molecule has 0 radical (unpaired) electrons. The molecule has 3 aromatic rings. The van der Waals surface area contributed by atoms with Crippen molar-refractivity contribution in [3.63, 3.8) is 0 Å². The summed E-state index contributed by atoms with van der Waals surface area (Å²) in [5.74, 6) is 0.363. The Balaban J connectivity index is 1.78. The number of nitrogens with one attached hydrogen (secondary N) is 2. The summed E-state index contributed by atoms with van der Waals surface area (Å²) in [6.07, 6.45) is 7.42. The monoisotopic (exact) mass is 321 g/mol. The Morgan fingerprint density at radius 2 is 2.48 bits per heavy atom. The zero-order chi connectivity index (χ0) is 14.8. The van der Waals surface area contributed by atoms with Crippen LogP contribution in [-0.2, 0) is 11.2 Å². The second-order valence-electron chi connectivity index (χ2n) is 4.29. The topological polar surface area (TPSA) is 75.1 Å². The Bertz CT molecular complexity index is 816. The van der Waals surface area contributed by atoms with Gasteiger partial charge in [-0.15, -0.1) is 11.3 Å². The van der Waals surface area contributed by atoms with Crippen molar-refractivity contribution in [3.05, 3.63) is 40.3 Å². The molecule has 1 amide bonds. The van der Waals surface area contributed by atoms with Crippen LogP contribution in [0.1, 0.15) is 18.2 Å². The highest BCUT2D eigenvalue weighted by Crippen LogP contribution is 2.22. The molecule has 0 aliphatic rings. The number of carbonyl (C=O) groups excluding carboxylic acids is 1. The van der Waals surface area contributed by atoms with Gasteiger partial charge >= 0.3 is 0 Å². The van der Waals surface area contributed by atoms with Gasteiger partial charge in [0, 0.05) is 23.2 Å². The molecule has 0 aliphatic heterocycles. The molecule has 0 aliphatic carbocycles. The summed E-state index contributed by atoms with van der Waals surface area (Å²) in [6.45, 7) is 2.00. The van der Waals surface area contributed by atoms with Crippen LogP contribution in [0.3, 0.4) is 0 Å². The van der Waals surface area contributed by atoms with Gasteiger partial charge in [0.05, 0.1) is 11.9 Å². The molecule has 0 bridgehead atoms. The molecule has 0 saturated carbocycles. The summed E-state index contributed by atoms with van der Waals surface area (Å²) < 4.78 is 1.84. The minimum atomic E-state index is -0.254. The Morgan fingerprint density at radius 1 is 1.62 bits per heavy atom. The van der Waals surface area contributed by atoms with Gasteiger partial charge < -0.3 is 5.32 Å². The normalized spacial score (nSPS) is 11.5. The first-order chi connectivity index (χ1) is 10.2. The molecule has 3 rings (SSSR count). The van der Waals surface area contributed by atoms with E-state index in [-0.39, 0.29) is 5.91 Å². The van der Waals surface area contributed by atoms with Crippen LogP contribution in [0.2, 0.25) is 5.15 Å². The molecule has 0 atom stereocenters. The number of fused-ring (bicyclic) bond motifs is 1. The van der Waals surface area contributed by atoms with Crippen molar-refractivity contribution in [3.8, 4) is 0 Å². The maximum absolute atomic E-state index is 11.9. The van der Waals surface area contributed by atoms with E-state index in [1.54, 1.807) is 12.3 Å². The molecule has 108 valence electrons. The number of carbonyl (C=O) groups is 1. The lowest BCUT2D eigenvalue weighted by molar-refractivity contribution is -0.111. The van der Waals surface area contributed by atoms with Crippen LogP contribution >= 0.6 is 22.9 Å². The van der Waals surface area contributed by atoms with E-state index in [1.165, 1.54) is 17.4 Å². The van der Waals surface area contributed by atoms with Crippen molar-refractivity contribution in [2.75, 3.05) is 5.32 Å². The molecule has 21 heavy (non-hydrogen) atoms. The summed E-state index contributed by atoms with van der Waals surface area (Å²) in [4.78, 5) is 16.9. The van der Waals surface area contributed by atoms with Gasteiger partial charge in [0.1, 0.15) is 5.82 Å². The Morgan fingerprint density at radius 3 is 3.29 bits per heavy atom. The minimum absolute atomic E-state index is 0.254. The fourth-order valence-electron chi connectivity index (χ4n) is 1.93. The lowest BCUT2D eigenvalue weighted by Crippen LogP contribution is -2.09. The average Bonchev–Trinajstić information content (AvgIpc) is 3.13. The van der Waals surface area contributed by atoms with Crippen LogP contribution in [0.5, 0.6) is 0 Å². The molecule has 3 aromatic heterocycles. The highest BCUT2D eigenvalue weighted by Gasteiger charge is 2.09. The maximum atomic E-state index is 11.9. The number of aryl methyl sites for hydroxylation is 1. The van der Waals surface area contributed by atoms with Crippen molar-refractivity contribution in [1.82, 2.24) is 19.6 Å². The lowest BCUT2D eigenvalue weighted by Gasteiger charge is -2.00. The van der Waals surface area contributed by atoms with Crippen molar-refractivity contribution >= 4 is 45.7 Å². The van der Waals surface area contributed by atoms with Crippen molar-refractivity contribution in [2.45, 2.75) is 13.3 Å². The first-order valence-corrected chi connectivity index (χ1v) is 7.57. The number of hydrogen-bond acceptors (Lipinski definition) is 4. The third-order valence-corrected chi connectivity index (χ3v) is 4.03. The van der Waals surface area contributed by atoms with E-state index in [2.05, 4.69) is 20.5 Å². The molecule has 0 saturated heterocycles. The molecular weight excluding hydrogens is 310 g/mol. The van der Waals surface area contributed by atoms with Crippen molar-refractivity contribution < 1.29 is 4.79 Å². The van der Waals surface area contributed by atoms with E-state index >= 15 is 0 Å². The number of nitrogens with zero attached hydrogens (tertiary/aromatic N) is 3. The van der Waals surface area contributed by atoms with Crippen LogP contribution < -0.4 is 5.32 Å². The molecule has 0 fully saturated rings. The van der Waals surface area contributed by atoms with Crippen molar-refractivity contribution in [1.29, 1.82) is 0 Å². The Labute approximate surface area is 129 Å². The first kappa shape index (κ1) is 13.8. The SMILES string of the molecule is CCc1cn[nH]c1NC(=O)/C=C/c1c(Cl)nc2sccn12. The number of amides is 1. The van der Waals surface area contributed by atoms with Gasteiger partial charge in [-0.3, -0.25) is 14.3 Å². The fraction of sp³-hybridized carbons (Fsp3) is 0.154. The predicted octanol–water partition coefficient (Wildman–Crippen LogP) is 2.99. The summed E-state index contributed by atoms with van der Waals surface area (Å²) in [5, 5.41) is 11.7. The van der Waals surface area contributed by atoms with Gasteiger partial charge in [-0.05, 0) is 12.5 Å². The number of rotatable bonds is 4. The van der Waals surface area contributed by atoms with E-state index in [0.717, 1.165) is 16.9 Å².